The van der Waals surface area contributed by atoms with E-state index >= 15 is 0 Å². The molecule has 0 fully saturated rings. The molecule has 1 amide bonds. The lowest BCUT2D eigenvalue weighted by Gasteiger charge is -2.24. The van der Waals surface area contributed by atoms with Gasteiger partial charge in [0.05, 0.1) is 25.2 Å². The second kappa shape index (κ2) is 52.6. The maximum Gasteiger partial charge on any atom is 0.306 e. The van der Waals surface area contributed by atoms with Crippen LogP contribution >= 0.6 is 0 Å². The summed E-state index contributed by atoms with van der Waals surface area (Å²) < 4.78 is 5.96. The van der Waals surface area contributed by atoms with Gasteiger partial charge in [0.15, 0.2) is 0 Å². The first-order chi connectivity index (χ1) is 31.5. The zero-order valence-electron chi connectivity index (χ0n) is 43.4. The molecule has 0 bridgehead atoms. The first-order valence-electron chi connectivity index (χ1n) is 28.9. The van der Waals surface area contributed by atoms with Gasteiger partial charge in [0.25, 0.3) is 0 Å². The fraction of sp³-hybridized carbons (Fsp3) is 0.931. The maximum absolute atomic E-state index is 13.3. The minimum Gasteiger partial charge on any atom is -0.462 e. The van der Waals surface area contributed by atoms with Gasteiger partial charge >= 0.3 is 5.97 Å². The zero-order valence-corrected chi connectivity index (χ0v) is 43.4. The summed E-state index contributed by atoms with van der Waals surface area (Å²) in [6, 6.07) is -0.698. The highest BCUT2D eigenvalue weighted by Crippen LogP contribution is 2.19. The van der Waals surface area contributed by atoms with Crippen LogP contribution in [-0.4, -0.2) is 46.9 Å². The largest absolute Gasteiger partial charge is 0.462 e. The number of unbranched alkanes of at least 4 members (excludes halogenated alkanes) is 39. The summed E-state index contributed by atoms with van der Waals surface area (Å²) in [5, 5.41) is 23.9. The predicted molar refractivity (Wildman–Crippen MR) is 278 cm³/mol. The summed E-state index contributed by atoms with van der Waals surface area (Å²) in [4.78, 5) is 26.3. The second-order valence-electron chi connectivity index (χ2n) is 20.1. The third-order valence-corrected chi connectivity index (χ3v) is 13.6. The molecule has 0 spiro atoms. The van der Waals surface area contributed by atoms with Crippen molar-refractivity contribution >= 4 is 11.9 Å². The number of allylic oxidation sites excluding steroid dienone is 2. The van der Waals surface area contributed by atoms with Crippen molar-refractivity contribution in [3.05, 3.63) is 12.2 Å². The van der Waals surface area contributed by atoms with Crippen molar-refractivity contribution in [1.29, 1.82) is 0 Å². The van der Waals surface area contributed by atoms with Crippen LogP contribution in [0.15, 0.2) is 12.2 Å². The summed E-state index contributed by atoms with van der Waals surface area (Å²) in [6.45, 7) is 6.52. The van der Waals surface area contributed by atoms with Gasteiger partial charge in [-0.1, -0.05) is 270 Å². The Hall–Kier alpha value is -1.40. The molecule has 64 heavy (non-hydrogen) atoms. The molecule has 0 rings (SSSR count). The SMILES string of the molecule is CCCCCCCC/C=C/CCCCCCCC(CC(=O)NC(CO)C(O)CCCCCCCCCCCCCCCCC)OC(=O)CCCCCCCCCCCCCCCCC. The van der Waals surface area contributed by atoms with Gasteiger partial charge in [-0.25, -0.2) is 0 Å². The molecule has 0 aromatic rings. The molecule has 0 radical (unpaired) electrons. The smallest absolute Gasteiger partial charge is 0.306 e. The van der Waals surface area contributed by atoms with Crippen LogP contribution in [0.1, 0.15) is 323 Å². The molecule has 0 heterocycles. The molecule has 380 valence electrons. The van der Waals surface area contributed by atoms with Crippen LogP contribution in [0.4, 0.5) is 0 Å². The molecule has 3 N–H and O–H groups in total. The lowest BCUT2D eigenvalue weighted by atomic mass is 10.0. The van der Waals surface area contributed by atoms with E-state index in [1.807, 2.05) is 0 Å². The Balaban J connectivity index is 4.52. The minimum atomic E-state index is -0.785. The van der Waals surface area contributed by atoms with E-state index in [-0.39, 0.29) is 24.9 Å². The summed E-state index contributed by atoms with van der Waals surface area (Å²) in [7, 11) is 0. The number of amides is 1. The van der Waals surface area contributed by atoms with Crippen LogP contribution in [-0.2, 0) is 14.3 Å². The molecule has 6 nitrogen and oxygen atoms in total. The van der Waals surface area contributed by atoms with Gasteiger partial charge < -0.3 is 20.3 Å². The van der Waals surface area contributed by atoms with Crippen molar-refractivity contribution in [3.8, 4) is 0 Å². The Morgan fingerprint density at radius 1 is 0.438 bits per heavy atom. The number of carbonyl (C=O) groups excluding carboxylic acids is 2. The van der Waals surface area contributed by atoms with Crippen LogP contribution in [0.3, 0.4) is 0 Å². The molecule has 0 saturated heterocycles. The van der Waals surface area contributed by atoms with Gasteiger partial charge in [0.2, 0.25) is 5.91 Å². The Kier molecular flexibility index (Phi) is 51.4. The van der Waals surface area contributed by atoms with Gasteiger partial charge in [-0.3, -0.25) is 9.59 Å². The van der Waals surface area contributed by atoms with E-state index in [1.165, 1.54) is 218 Å². The highest BCUT2D eigenvalue weighted by molar-refractivity contribution is 5.77. The normalized spacial score (nSPS) is 13.1. The van der Waals surface area contributed by atoms with Gasteiger partial charge in [0.1, 0.15) is 6.10 Å². The molecular formula is C58H113NO5. The van der Waals surface area contributed by atoms with E-state index in [9.17, 15) is 19.8 Å². The molecule has 3 unspecified atom stereocenters. The molecule has 0 saturated carbocycles. The highest BCUT2D eigenvalue weighted by atomic mass is 16.5. The quantitative estimate of drug-likeness (QED) is 0.0321. The van der Waals surface area contributed by atoms with Crippen LogP contribution in [0, 0.1) is 0 Å². The van der Waals surface area contributed by atoms with Crippen molar-refractivity contribution in [3.63, 3.8) is 0 Å². The Morgan fingerprint density at radius 2 is 0.750 bits per heavy atom. The van der Waals surface area contributed by atoms with Crippen molar-refractivity contribution < 1.29 is 24.5 Å². The highest BCUT2D eigenvalue weighted by Gasteiger charge is 2.24. The average molecular weight is 905 g/mol. The minimum absolute atomic E-state index is 0.0795. The zero-order chi connectivity index (χ0) is 46.7. The molecule has 0 aromatic heterocycles. The van der Waals surface area contributed by atoms with Gasteiger partial charge in [-0.2, -0.15) is 0 Å². The summed E-state index contributed by atoms with van der Waals surface area (Å²) >= 11 is 0. The first kappa shape index (κ1) is 62.6. The van der Waals surface area contributed by atoms with E-state index in [0.717, 1.165) is 57.8 Å². The molecule has 0 aliphatic heterocycles. The van der Waals surface area contributed by atoms with Crippen molar-refractivity contribution in [2.75, 3.05) is 6.61 Å². The monoisotopic (exact) mass is 904 g/mol. The summed E-state index contributed by atoms with van der Waals surface area (Å²) in [5.41, 5.74) is 0. The lowest BCUT2D eigenvalue weighted by molar-refractivity contribution is -0.151. The fourth-order valence-corrected chi connectivity index (χ4v) is 9.19. The number of esters is 1. The van der Waals surface area contributed by atoms with Crippen molar-refractivity contribution in [1.82, 2.24) is 5.32 Å². The standard InChI is InChI=1S/C58H113NO5/c1-4-7-10-13-16-19-22-25-28-31-34-37-40-43-46-49-54(64-58(63)51-48-45-42-39-36-33-30-27-24-21-18-15-12-9-6-3)52-57(62)59-55(53-60)56(61)50-47-44-41-38-35-32-29-26-23-20-17-14-11-8-5-2/h25,28,54-56,60-61H,4-24,26-27,29-53H2,1-3H3,(H,59,62)/b28-25+. The fourth-order valence-electron chi connectivity index (χ4n) is 9.19. The van der Waals surface area contributed by atoms with Crippen LogP contribution in [0.5, 0.6) is 0 Å². The Morgan fingerprint density at radius 3 is 1.11 bits per heavy atom. The number of ether oxygens (including phenoxy) is 1. The summed E-state index contributed by atoms with van der Waals surface area (Å²) in [5.74, 6) is -0.459. The van der Waals surface area contributed by atoms with Gasteiger partial charge in [-0.05, 0) is 51.4 Å². The molecule has 3 atom stereocenters. The van der Waals surface area contributed by atoms with E-state index in [0.29, 0.717) is 19.3 Å². The molecule has 0 aliphatic rings. The van der Waals surface area contributed by atoms with Gasteiger partial charge in [-0.15, -0.1) is 0 Å². The predicted octanol–water partition coefficient (Wildman–Crippen LogP) is 17.7. The van der Waals surface area contributed by atoms with Crippen LogP contribution in [0.25, 0.3) is 0 Å². The maximum atomic E-state index is 13.3. The summed E-state index contributed by atoms with van der Waals surface area (Å²) in [6.07, 6.45) is 59.9. The number of hydrogen-bond acceptors (Lipinski definition) is 5. The third-order valence-electron chi connectivity index (χ3n) is 13.6. The number of aliphatic hydroxyl groups is 2. The topological polar surface area (TPSA) is 95.9 Å². The number of rotatable bonds is 53. The van der Waals surface area contributed by atoms with Crippen molar-refractivity contribution in [2.45, 2.75) is 341 Å². The Labute approximate surface area is 399 Å². The van der Waals surface area contributed by atoms with Crippen molar-refractivity contribution in [2.24, 2.45) is 0 Å². The molecule has 0 aromatic carbocycles. The number of aliphatic hydroxyl groups excluding tert-OH is 2. The molecule has 6 heteroatoms. The Bertz CT molecular complexity index is 970. The first-order valence-corrected chi connectivity index (χ1v) is 28.9. The lowest BCUT2D eigenvalue weighted by Crippen LogP contribution is -2.46. The van der Waals surface area contributed by atoms with E-state index < -0.39 is 18.2 Å². The van der Waals surface area contributed by atoms with Crippen LogP contribution in [0.2, 0.25) is 0 Å². The molecule has 0 aliphatic carbocycles. The number of hydrogen-bond donors (Lipinski definition) is 3. The van der Waals surface area contributed by atoms with Gasteiger partial charge in [0, 0.05) is 6.42 Å². The molecular weight excluding hydrogens is 791 g/mol. The van der Waals surface area contributed by atoms with E-state index in [4.69, 9.17) is 4.74 Å². The third kappa shape index (κ3) is 47.1. The van der Waals surface area contributed by atoms with E-state index in [2.05, 4.69) is 38.2 Å². The van der Waals surface area contributed by atoms with Crippen LogP contribution < -0.4 is 5.32 Å². The number of nitrogens with one attached hydrogen (secondary N) is 1. The average Bonchev–Trinajstić information content (AvgIpc) is 3.29. The van der Waals surface area contributed by atoms with E-state index in [1.54, 1.807) is 0 Å². The second-order valence-corrected chi connectivity index (χ2v) is 20.1. The number of carbonyl (C=O) groups is 2.